The Balaban J connectivity index is 2.79. The Hall–Kier alpha value is -1.73. The normalized spacial score (nSPS) is 10.7. The third-order valence-electron chi connectivity index (χ3n) is 2.79. The van der Waals surface area contributed by atoms with Gasteiger partial charge in [-0.05, 0) is 34.5 Å². The number of hydrogen-bond acceptors (Lipinski definition) is 3. The van der Waals surface area contributed by atoms with E-state index in [0.717, 1.165) is 10.7 Å². The molecule has 1 aromatic heterocycles. The molecule has 1 heterocycles. The van der Waals surface area contributed by atoms with Crippen LogP contribution in [0.4, 0.5) is 4.39 Å². The summed E-state index contributed by atoms with van der Waals surface area (Å²) in [6.07, 6.45) is 1.72. The van der Waals surface area contributed by atoms with Gasteiger partial charge in [-0.1, -0.05) is 18.5 Å². The summed E-state index contributed by atoms with van der Waals surface area (Å²) in [4.78, 5) is 23.0. The molecule has 0 aliphatic rings. The second-order valence-corrected chi connectivity index (χ2v) is 5.41. The van der Waals surface area contributed by atoms with Crippen LogP contribution in [-0.4, -0.2) is 20.9 Å². The smallest absolute Gasteiger partial charge is 0.360 e. The molecule has 1 N–H and O–H groups in total. The maximum atomic E-state index is 13.3. The van der Waals surface area contributed by atoms with Crippen molar-refractivity contribution in [2.24, 2.45) is 0 Å². The lowest BCUT2D eigenvalue weighted by Crippen LogP contribution is -2.24. The van der Waals surface area contributed by atoms with E-state index in [4.69, 9.17) is 16.7 Å². The van der Waals surface area contributed by atoms with Gasteiger partial charge < -0.3 is 5.11 Å². The Labute approximate surface area is 132 Å². The highest BCUT2D eigenvalue weighted by molar-refractivity contribution is 9.10. The van der Waals surface area contributed by atoms with Crippen molar-refractivity contribution in [2.45, 2.75) is 13.3 Å². The number of carboxylic acid groups (broad SMARTS) is 1. The van der Waals surface area contributed by atoms with E-state index in [0.29, 0.717) is 10.9 Å². The minimum absolute atomic E-state index is 0.0383. The van der Waals surface area contributed by atoms with E-state index in [2.05, 4.69) is 21.0 Å². The van der Waals surface area contributed by atoms with E-state index < -0.39 is 22.9 Å². The Morgan fingerprint density at radius 2 is 2.19 bits per heavy atom. The lowest BCUT2D eigenvalue weighted by Gasteiger charge is -2.12. The average molecular weight is 376 g/mol. The quantitative estimate of drug-likeness (QED) is 0.895. The summed E-state index contributed by atoms with van der Waals surface area (Å²) in [5, 5.41) is 12.9. The van der Waals surface area contributed by atoms with Gasteiger partial charge in [-0.2, -0.15) is 5.10 Å². The lowest BCUT2D eigenvalue weighted by atomic mass is 10.2. The molecule has 2 aromatic rings. The van der Waals surface area contributed by atoms with Crippen LogP contribution in [0.15, 0.2) is 27.6 Å². The number of rotatable bonds is 3. The van der Waals surface area contributed by atoms with Crippen LogP contribution in [0, 0.1) is 5.82 Å². The molecule has 110 valence electrons. The van der Waals surface area contributed by atoms with Gasteiger partial charge in [0.05, 0.1) is 10.7 Å². The molecule has 5 nitrogen and oxygen atoms in total. The van der Waals surface area contributed by atoms with Crippen molar-refractivity contribution in [1.82, 2.24) is 9.78 Å². The minimum atomic E-state index is -1.43. The van der Waals surface area contributed by atoms with Crippen LogP contribution in [0.25, 0.3) is 5.69 Å². The van der Waals surface area contributed by atoms with Gasteiger partial charge in [-0.15, -0.1) is 0 Å². The molecule has 0 unspecified atom stereocenters. The molecule has 21 heavy (non-hydrogen) atoms. The van der Waals surface area contributed by atoms with Gasteiger partial charge in [0, 0.05) is 16.2 Å². The highest BCUT2D eigenvalue weighted by atomic mass is 79.9. The first-order valence-electron chi connectivity index (χ1n) is 5.86. The van der Waals surface area contributed by atoms with Crippen LogP contribution in [-0.2, 0) is 6.42 Å². The number of nitrogens with zero attached hydrogens (tertiary/aromatic N) is 2. The summed E-state index contributed by atoms with van der Waals surface area (Å²) in [6.45, 7) is 1.72. The molecular weight excluding hydrogens is 367 g/mol. The monoisotopic (exact) mass is 374 g/mol. The molecule has 0 aliphatic heterocycles. The van der Waals surface area contributed by atoms with Gasteiger partial charge in [-0.25, -0.2) is 13.9 Å². The van der Waals surface area contributed by atoms with Crippen molar-refractivity contribution in [3.63, 3.8) is 0 Å². The number of hydrogen-bond donors (Lipinski definition) is 1. The number of halogens is 3. The highest BCUT2D eigenvalue weighted by Crippen LogP contribution is 2.29. The highest BCUT2D eigenvalue weighted by Gasteiger charge is 2.18. The standard InChI is InChI=1S/C13H9BrClFN2O3/c1-2-6-5-18(17-10(12(6)19)13(20)21)11-8(14)3-7(16)4-9(11)15/h3-5H,2H2,1H3,(H,20,21). The van der Waals surface area contributed by atoms with Gasteiger partial charge in [0.1, 0.15) is 5.82 Å². The van der Waals surface area contributed by atoms with E-state index in [1.165, 1.54) is 12.3 Å². The van der Waals surface area contributed by atoms with E-state index in [1.54, 1.807) is 6.92 Å². The minimum Gasteiger partial charge on any atom is -0.476 e. The second kappa shape index (κ2) is 5.95. The van der Waals surface area contributed by atoms with Crippen molar-refractivity contribution in [3.05, 3.63) is 55.1 Å². The maximum Gasteiger partial charge on any atom is 0.360 e. The number of carbonyl (C=O) groups is 1. The fourth-order valence-corrected chi connectivity index (χ4v) is 2.82. The topological polar surface area (TPSA) is 72.2 Å². The molecule has 0 saturated carbocycles. The van der Waals surface area contributed by atoms with Crippen LogP contribution in [0.1, 0.15) is 23.0 Å². The van der Waals surface area contributed by atoms with Crippen LogP contribution in [0.5, 0.6) is 0 Å². The van der Waals surface area contributed by atoms with Crippen molar-refractivity contribution in [3.8, 4) is 5.69 Å². The summed E-state index contributed by atoms with van der Waals surface area (Å²) in [5.41, 5.74) is -0.720. The maximum absolute atomic E-state index is 13.3. The third kappa shape index (κ3) is 2.98. The molecule has 0 bridgehead atoms. The molecule has 0 radical (unpaired) electrons. The van der Waals surface area contributed by atoms with E-state index in [1.807, 2.05) is 0 Å². The van der Waals surface area contributed by atoms with Crippen molar-refractivity contribution in [2.75, 3.05) is 0 Å². The van der Waals surface area contributed by atoms with E-state index in [-0.39, 0.29) is 16.3 Å². The number of aromatic nitrogens is 2. The molecule has 0 saturated heterocycles. The molecule has 2 rings (SSSR count). The zero-order chi connectivity index (χ0) is 15.7. The third-order valence-corrected chi connectivity index (χ3v) is 3.68. The van der Waals surface area contributed by atoms with E-state index >= 15 is 0 Å². The summed E-state index contributed by atoms with van der Waals surface area (Å²) in [7, 11) is 0. The van der Waals surface area contributed by atoms with Crippen molar-refractivity contribution < 1.29 is 14.3 Å². The molecule has 8 heteroatoms. The molecule has 1 aromatic carbocycles. The molecule has 0 atom stereocenters. The van der Waals surface area contributed by atoms with E-state index in [9.17, 15) is 14.0 Å². The Kier molecular flexibility index (Phi) is 4.43. The van der Waals surface area contributed by atoms with Gasteiger partial charge in [0.25, 0.3) is 0 Å². The average Bonchev–Trinajstić information content (AvgIpc) is 2.38. The SMILES string of the molecule is CCc1cn(-c2c(Cl)cc(F)cc2Br)nc(C(=O)O)c1=O. The van der Waals surface area contributed by atoms with Gasteiger partial charge >= 0.3 is 5.97 Å². The first kappa shape index (κ1) is 15.7. The first-order valence-corrected chi connectivity index (χ1v) is 7.03. The Morgan fingerprint density at radius 1 is 1.52 bits per heavy atom. The number of carboxylic acids is 1. The zero-order valence-corrected chi connectivity index (χ0v) is 13.1. The molecule has 0 amide bonds. The fraction of sp³-hybridized carbons (Fsp3) is 0.154. The molecule has 0 fully saturated rings. The zero-order valence-electron chi connectivity index (χ0n) is 10.7. The molecular formula is C13H9BrClFN2O3. The van der Waals surface area contributed by atoms with Crippen LogP contribution in [0.3, 0.4) is 0 Å². The van der Waals surface area contributed by atoms with Gasteiger partial charge in [-0.3, -0.25) is 4.79 Å². The van der Waals surface area contributed by atoms with Gasteiger partial charge in [0.2, 0.25) is 11.1 Å². The summed E-state index contributed by atoms with van der Waals surface area (Å²) >= 11 is 9.13. The van der Waals surface area contributed by atoms with Crippen LogP contribution < -0.4 is 5.43 Å². The number of benzene rings is 1. The van der Waals surface area contributed by atoms with Crippen LogP contribution in [0.2, 0.25) is 5.02 Å². The van der Waals surface area contributed by atoms with Crippen LogP contribution >= 0.6 is 27.5 Å². The largest absolute Gasteiger partial charge is 0.476 e. The predicted octanol–water partition coefficient (Wildman–Crippen LogP) is 3.05. The first-order chi connectivity index (χ1) is 9.85. The number of aryl methyl sites for hydroxylation is 1. The lowest BCUT2D eigenvalue weighted by molar-refractivity contribution is 0.0686. The van der Waals surface area contributed by atoms with Crippen molar-refractivity contribution in [1.29, 1.82) is 0 Å². The fourth-order valence-electron chi connectivity index (χ4n) is 1.80. The summed E-state index contributed by atoms with van der Waals surface area (Å²) in [5.74, 6) is -1.98. The second-order valence-electron chi connectivity index (χ2n) is 4.15. The Bertz CT molecular complexity index is 768. The number of aromatic carboxylic acids is 1. The Morgan fingerprint density at radius 3 is 2.71 bits per heavy atom. The van der Waals surface area contributed by atoms with Crippen molar-refractivity contribution >= 4 is 33.5 Å². The van der Waals surface area contributed by atoms with Gasteiger partial charge in [0.15, 0.2) is 0 Å². The summed E-state index contributed by atoms with van der Waals surface area (Å²) in [6, 6.07) is 2.25. The predicted molar refractivity (Wildman–Crippen MR) is 78.8 cm³/mol. The summed E-state index contributed by atoms with van der Waals surface area (Å²) < 4.78 is 14.7. The molecule has 0 spiro atoms. The molecule has 0 aliphatic carbocycles.